The third kappa shape index (κ3) is 5.16. The van der Waals surface area contributed by atoms with Gasteiger partial charge in [-0.1, -0.05) is 36.8 Å². The van der Waals surface area contributed by atoms with Crippen LogP contribution in [0, 0.1) is 5.92 Å². The molecule has 0 spiro atoms. The number of hydrogen-bond donors (Lipinski definition) is 3. The zero-order valence-electron chi connectivity index (χ0n) is 20.5. The van der Waals surface area contributed by atoms with E-state index in [0.29, 0.717) is 12.5 Å². The van der Waals surface area contributed by atoms with Crippen LogP contribution in [0.4, 0.5) is 5.82 Å². The fourth-order valence-corrected chi connectivity index (χ4v) is 4.88. The fraction of sp³-hybridized carbons (Fsp3) is 0.357. The monoisotopic (exact) mass is 470 g/mol. The lowest BCUT2D eigenvalue weighted by Crippen LogP contribution is -2.29. The van der Waals surface area contributed by atoms with Crippen LogP contribution in [0.2, 0.25) is 0 Å². The minimum atomic E-state index is 0.258. The van der Waals surface area contributed by atoms with Gasteiger partial charge in [0.05, 0.1) is 11.1 Å². The van der Waals surface area contributed by atoms with Crippen molar-refractivity contribution in [3.63, 3.8) is 0 Å². The fourth-order valence-electron chi connectivity index (χ4n) is 4.88. The Bertz CT molecular complexity index is 1250. The maximum absolute atomic E-state index is 6.32. The first-order chi connectivity index (χ1) is 17.1. The summed E-state index contributed by atoms with van der Waals surface area (Å²) in [6.07, 6.45) is 5.08. The molecule has 0 radical (unpaired) electrons. The molecule has 2 aromatic heterocycles. The number of fused-ring (bicyclic) bond motifs is 1. The first-order valence-electron chi connectivity index (χ1n) is 12.4. The topological polar surface area (TPSA) is 92.1 Å². The van der Waals surface area contributed by atoms with Crippen LogP contribution in [0.25, 0.3) is 33.4 Å². The average Bonchev–Trinajstić information content (AvgIpc) is 3.47. The number of anilines is 1. The van der Waals surface area contributed by atoms with Crippen LogP contribution in [0.1, 0.15) is 19.3 Å². The van der Waals surface area contributed by atoms with Crippen LogP contribution in [0.3, 0.4) is 0 Å². The van der Waals surface area contributed by atoms with E-state index in [1.54, 1.807) is 6.33 Å². The van der Waals surface area contributed by atoms with E-state index in [4.69, 9.17) is 10.5 Å². The third-order valence-electron chi connectivity index (χ3n) is 6.85. The van der Waals surface area contributed by atoms with Gasteiger partial charge in [0.25, 0.3) is 0 Å². The summed E-state index contributed by atoms with van der Waals surface area (Å²) in [5.74, 6) is 2.18. The van der Waals surface area contributed by atoms with Crippen LogP contribution in [-0.4, -0.2) is 59.7 Å². The summed E-state index contributed by atoms with van der Waals surface area (Å²) in [6.45, 7) is 2.35. The molecule has 2 heterocycles. The molecule has 4 N–H and O–H groups in total. The average molecular weight is 471 g/mol. The first kappa shape index (κ1) is 23.3. The highest BCUT2D eigenvalue weighted by Crippen LogP contribution is 2.40. The standard InChI is InChI=1S/C28H34N6O/c1-34(2)15-16-35-22-13-11-20(12-14-22)26-24(19-7-4-3-5-8-19)25-27(31-18-32-28(25)33-26)30-17-21-9-6-10-23(21)29/h3-5,7-8,11-14,18,21,23H,6,9-10,15-17,29H2,1-2H3,(H2,30,31,32,33). The molecule has 2 atom stereocenters. The lowest BCUT2D eigenvalue weighted by molar-refractivity contribution is 0.261. The molecule has 0 aliphatic heterocycles. The van der Waals surface area contributed by atoms with Crippen molar-refractivity contribution in [2.45, 2.75) is 25.3 Å². The Morgan fingerprint density at radius 3 is 2.54 bits per heavy atom. The molecule has 0 amide bonds. The molecule has 5 rings (SSSR count). The molecule has 2 aromatic carbocycles. The van der Waals surface area contributed by atoms with Crippen molar-refractivity contribution in [1.29, 1.82) is 0 Å². The van der Waals surface area contributed by atoms with E-state index in [9.17, 15) is 0 Å². The Morgan fingerprint density at radius 1 is 1.03 bits per heavy atom. The van der Waals surface area contributed by atoms with Crippen molar-refractivity contribution in [1.82, 2.24) is 19.9 Å². The van der Waals surface area contributed by atoms with E-state index in [0.717, 1.165) is 70.9 Å². The Balaban J connectivity index is 1.51. The van der Waals surface area contributed by atoms with Gasteiger partial charge in [-0.05, 0) is 68.2 Å². The zero-order valence-corrected chi connectivity index (χ0v) is 20.5. The number of nitrogens with zero attached hydrogens (tertiary/aromatic N) is 3. The molecular formula is C28H34N6O. The highest BCUT2D eigenvalue weighted by molar-refractivity contribution is 6.07. The van der Waals surface area contributed by atoms with Crippen LogP contribution in [-0.2, 0) is 0 Å². The Morgan fingerprint density at radius 2 is 1.83 bits per heavy atom. The van der Waals surface area contributed by atoms with Crippen LogP contribution >= 0.6 is 0 Å². The number of H-pyrrole nitrogens is 1. The van der Waals surface area contributed by atoms with E-state index >= 15 is 0 Å². The summed E-state index contributed by atoms with van der Waals surface area (Å²) in [4.78, 5) is 14.9. The Labute approximate surface area is 206 Å². The lowest BCUT2D eigenvalue weighted by Gasteiger charge is -2.17. The van der Waals surface area contributed by atoms with Crippen molar-refractivity contribution in [2.24, 2.45) is 11.7 Å². The first-order valence-corrected chi connectivity index (χ1v) is 12.4. The molecule has 7 nitrogen and oxygen atoms in total. The van der Waals surface area contributed by atoms with Crippen molar-refractivity contribution in [2.75, 3.05) is 39.1 Å². The number of ether oxygens (including phenoxy) is 1. The van der Waals surface area contributed by atoms with Gasteiger partial charge in [-0.3, -0.25) is 0 Å². The van der Waals surface area contributed by atoms with E-state index in [1.165, 1.54) is 6.42 Å². The smallest absolute Gasteiger partial charge is 0.143 e. The van der Waals surface area contributed by atoms with Crippen molar-refractivity contribution in [3.8, 4) is 28.1 Å². The number of likely N-dealkylation sites (N-methyl/N-ethyl adjacent to an activating group) is 1. The number of rotatable bonds is 9. The van der Waals surface area contributed by atoms with Crippen molar-refractivity contribution >= 4 is 16.9 Å². The minimum absolute atomic E-state index is 0.258. The Kier molecular flexibility index (Phi) is 6.97. The quantitative estimate of drug-likeness (QED) is 0.326. The largest absolute Gasteiger partial charge is 0.492 e. The van der Waals surface area contributed by atoms with E-state index in [1.807, 2.05) is 32.3 Å². The summed E-state index contributed by atoms with van der Waals surface area (Å²) in [5.41, 5.74) is 11.5. The number of nitrogens with two attached hydrogens (primary N) is 1. The molecule has 1 fully saturated rings. The lowest BCUT2D eigenvalue weighted by atomic mass is 9.98. The molecule has 35 heavy (non-hydrogen) atoms. The van der Waals surface area contributed by atoms with Gasteiger partial charge < -0.3 is 25.7 Å². The van der Waals surface area contributed by atoms with Gasteiger partial charge in [0, 0.05) is 24.7 Å². The molecule has 4 aromatic rings. The number of aromatic nitrogens is 3. The molecule has 1 saturated carbocycles. The summed E-state index contributed by atoms with van der Waals surface area (Å²) < 4.78 is 5.90. The molecule has 1 aliphatic rings. The molecular weight excluding hydrogens is 436 g/mol. The highest BCUT2D eigenvalue weighted by atomic mass is 16.5. The molecule has 7 heteroatoms. The predicted molar refractivity (Wildman–Crippen MR) is 143 cm³/mol. The van der Waals surface area contributed by atoms with Gasteiger partial charge in [0.15, 0.2) is 0 Å². The van der Waals surface area contributed by atoms with Gasteiger partial charge in [-0.15, -0.1) is 0 Å². The second kappa shape index (κ2) is 10.5. The predicted octanol–water partition coefficient (Wildman–Crippen LogP) is 4.77. The number of aromatic amines is 1. The van der Waals surface area contributed by atoms with Crippen molar-refractivity contribution in [3.05, 3.63) is 60.9 Å². The normalized spacial score (nSPS) is 17.8. The van der Waals surface area contributed by atoms with Crippen molar-refractivity contribution < 1.29 is 4.74 Å². The Hall–Kier alpha value is -3.42. The molecule has 0 saturated heterocycles. The number of hydrogen-bond acceptors (Lipinski definition) is 6. The van der Waals surface area contributed by atoms with E-state index in [2.05, 4.69) is 61.6 Å². The third-order valence-corrected chi connectivity index (χ3v) is 6.85. The van der Waals surface area contributed by atoms with E-state index < -0.39 is 0 Å². The number of nitrogens with one attached hydrogen (secondary N) is 2. The van der Waals surface area contributed by atoms with Gasteiger partial charge in [0.1, 0.15) is 30.1 Å². The molecule has 0 bridgehead atoms. The zero-order chi connectivity index (χ0) is 24.2. The maximum Gasteiger partial charge on any atom is 0.143 e. The van der Waals surface area contributed by atoms with Gasteiger partial charge in [-0.2, -0.15) is 0 Å². The van der Waals surface area contributed by atoms with Gasteiger partial charge >= 0.3 is 0 Å². The van der Waals surface area contributed by atoms with E-state index in [-0.39, 0.29) is 6.04 Å². The second-order valence-corrected chi connectivity index (χ2v) is 9.60. The maximum atomic E-state index is 6.32. The van der Waals surface area contributed by atoms with Crippen LogP contribution < -0.4 is 15.8 Å². The summed E-state index contributed by atoms with van der Waals surface area (Å²) in [6, 6.07) is 18.9. The second-order valence-electron chi connectivity index (χ2n) is 9.60. The minimum Gasteiger partial charge on any atom is -0.492 e. The summed E-state index contributed by atoms with van der Waals surface area (Å²) in [5, 5.41) is 4.61. The molecule has 182 valence electrons. The SMILES string of the molecule is CN(C)CCOc1ccc(-c2[nH]c3ncnc(NCC4CCCC4N)c3c2-c2ccccc2)cc1. The number of benzene rings is 2. The summed E-state index contributed by atoms with van der Waals surface area (Å²) >= 11 is 0. The van der Waals surface area contributed by atoms with Gasteiger partial charge in [-0.25, -0.2) is 9.97 Å². The highest BCUT2D eigenvalue weighted by Gasteiger charge is 2.25. The van der Waals surface area contributed by atoms with Crippen LogP contribution in [0.5, 0.6) is 5.75 Å². The van der Waals surface area contributed by atoms with Gasteiger partial charge in [0.2, 0.25) is 0 Å². The summed E-state index contributed by atoms with van der Waals surface area (Å²) in [7, 11) is 4.09. The molecule has 1 aliphatic carbocycles. The molecule has 2 unspecified atom stereocenters. The van der Waals surface area contributed by atoms with Crippen LogP contribution in [0.15, 0.2) is 60.9 Å².